The van der Waals surface area contributed by atoms with Crippen LogP contribution < -0.4 is 0 Å². The summed E-state index contributed by atoms with van der Waals surface area (Å²) in [6.07, 6.45) is 13.8. The van der Waals surface area contributed by atoms with Crippen LogP contribution in [0.4, 0.5) is 0 Å². The molecule has 2 heteroatoms. The van der Waals surface area contributed by atoms with Crippen LogP contribution in [-0.2, 0) is 4.65 Å². The monoisotopic (exact) mass is 240 g/mol. The van der Waals surface area contributed by atoms with Crippen molar-refractivity contribution in [2.24, 2.45) is 0 Å². The van der Waals surface area contributed by atoms with E-state index in [0.717, 1.165) is 0 Å². The van der Waals surface area contributed by atoms with Crippen LogP contribution >= 0.6 is 0 Å². The van der Waals surface area contributed by atoms with Crippen molar-refractivity contribution in [1.29, 1.82) is 0 Å². The van der Waals surface area contributed by atoms with Crippen LogP contribution in [0.25, 0.3) is 0 Å². The molecule has 0 spiro atoms. The Morgan fingerprint density at radius 2 is 1.24 bits per heavy atom. The Labute approximate surface area is 110 Å². The predicted molar refractivity (Wildman–Crippen MR) is 79.9 cm³/mol. The van der Waals surface area contributed by atoms with E-state index in [0.29, 0.717) is 13.0 Å². The molecule has 1 nitrogen and oxygen atoms in total. The van der Waals surface area contributed by atoms with Gasteiger partial charge in [0.05, 0.1) is 0 Å². The van der Waals surface area contributed by atoms with Crippen molar-refractivity contribution in [2.45, 2.75) is 97.8 Å². The Kier molecular flexibility index (Phi) is 12.5. The summed E-state index contributed by atoms with van der Waals surface area (Å²) in [6.45, 7) is 9.37. The van der Waals surface area contributed by atoms with E-state index in [-0.39, 0.29) is 0 Å². The normalized spacial score (nSPS) is 11.1. The zero-order chi connectivity index (χ0) is 12.9. The maximum Gasteiger partial charge on any atom is 0.293 e. The lowest BCUT2D eigenvalue weighted by Gasteiger charge is -2.17. The molecule has 0 radical (unpaired) electrons. The first-order valence-corrected chi connectivity index (χ1v) is 7.86. The summed E-state index contributed by atoms with van der Waals surface area (Å²) >= 11 is 0. The molecular formula is C15H33BO. The van der Waals surface area contributed by atoms with E-state index in [1.807, 2.05) is 0 Å². The zero-order valence-corrected chi connectivity index (χ0v) is 12.6. The standard InChI is InChI=1S/C15H33BO/c1-5-7-9-11-13-16(17-15(3)4)14-12-10-8-6-2/h15H,5-14H2,1-4H3. The Balaban J connectivity index is 3.64. The third-order valence-electron chi connectivity index (χ3n) is 3.22. The molecule has 0 amide bonds. The molecule has 0 aliphatic heterocycles. The number of hydrogen-bond acceptors (Lipinski definition) is 1. The molecule has 0 aromatic carbocycles. The van der Waals surface area contributed by atoms with Crippen molar-refractivity contribution in [3.05, 3.63) is 0 Å². The summed E-state index contributed by atoms with van der Waals surface area (Å²) < 4.78 is 6.01. The maximum absolute atomic E-state index is 6.01. The SMILES string of the molecule is CCCCCCB(CCCCCC)OC(C)C. The summed E-state index contributed by atoms with van der Waals surface area (Å²) in [5, 5.41) is 0. The maximum atomic E-state index is 6.01. The Bertz CT molecular complexity index is 136. The summed E-state index contributed by atoms with van der Waals surface area (Å²) in [5.41, 5.74) is 0. The van der Waals surface area contributed by atoms with Crippen LogP contribution in [0, 0.1) is 0 Å². The van der Waals surface area contributed by atoms with Crippen molar-refractivity contribution >= 4 is 6.92 Å². The second kappa shape index (κ2) is 12.5. The van der Waals surface area contributed by atoms with Gasteiger partial charge in [0.1, 0.15) is 0 Å². The third kappa shape index (κ3) is 12.3. The largest absolute Gasteiger partial charge is 0.434 e. The second-order valence-corrected chi connectivity index (χ2v) is 5.51. The molecule has 0 N–H and O–H groups in total. The van der Waals surface area contributed by atoms with Gasteiger partial charge in [0, 0.05) is 6.10 Å². The molecule has 0 atom stereocenters. The molecule has 0 saturated carbocycles. The van der Waals surface area contributed by atoms with Crippen molar-refractivity contribution in [2.75, 3.05) is 0 Å². The molecule has 0 aliphatic carbocycles. The van der Waals surface area contributed by atoms with Gasteiger partial charge in [-0.2, -0.15) is 0 Å². The highest BCUT2D eigenvalue weighted by molar-refractivity contribution is 6.51. The van der Waals surface area contributed by atoms with Crippen molar-refractivity contribution in [1.82, 2.24) is 0 Å². The van der Waals surface area contributed by atoms with E-state index < -0.39 is 0 Å². The van der Waals surface area contributed by atoms with Gasteiger partial charge in [-0.1, -0.05) is 65.2 Å². The molecule has 0 saturated heterocycles. The van der Waals surface area contributed by atoms with Crippen LogP contribution in [0.2, 0.25) is 12.6 Å². The van der Waals surface area contributed by atoms with Gasteiger partial charge < -0.3 is 4.65 Å². The van der Waals surface area contributed by atoms with Gasteiger partial charge in [-0.25, -0.2) is 0 Å². The van der Waals surface area contributed by atoms with Crippen molar-refractivity contribution < 1.29 is 4.65 Å². The van der Waals surface area contributed by atoms with Crippen molar-refractivity contribution in [3.8, 4) is 0 Å². The summed E-state index contributed by atoms with van der Waals surface area (Å²) in [4.78, 5) is 0. The topological polar surface area (TPSA) is 9.23 Å². The molecule has 0 aliphatic rings. The third-order valence-corrected chi connectivity index (χ3v) is 3.22. The summed E-state index contributed by atoms with van der Waals surface area (Å²) in [5.74, 6) is 0. The lowest BCUT2D eigenvalue weighted by molar-refractivity contribution is 0.239. The van der Waals surface area contributed by atoms with Crippen LogP contribution in [0.15, 0.2) is 0 Å². The molecule has 0 aromatic heterocycles. The first kappa shape index (κ1) is 17.0. The number of rotatable bonds is 12. The molecule has 0 fully saturated rings. The zero-order valence-electron chi connectivity index (χ0n) is 12.6. The van der Waals surface area contributed by atoms with Crippen LogP contribution in [0.5, 0.6) is 0 Å². The fourth-order valence-corrected chi connectivity index (χ4v) is 2.26. The van der Waals surface area contributed by atoms with Gasteiger partial charge >= 0.3 is 0 Å². The fourth-order valence-electron chi connectivity index (χ4n) is 2.26. The minimum absolute atomic E-state index is 0.386. The van der Waals surface area contributed by atoms with Crippen LogP contribution in [-0.4, -0.2) is 13.0 Å². The van der Waals surface area contributed by atoms with Crippen molar-refractivity contribution in [3.63, 3.8) is 0 Å². The summed E-state index contributed by atoms with van der Waals surface area (Å²) in [6, 6.07) is 0. The number of unbranched alkanes of at least 4 members (excludes halogenated alkanes) is 6. The van der Waals surface area contributed by atoms with Gasteiger partial charge in [-0.05, 0) is 26.5 Å². The Morgan fingerprint density at radius 3 is 1.59 bits per heavy atom. The first-order valence-electron chi connectivity index (χ1n) is 7.86. The second-order valence-electron chi connectivity index (χ2n) is 5.51. The van der Waals surface area contributed by atoms with Gasteiger partial charge in [0.2, 0.25) is 0 Å². The summed E-state index contributed by atoms with van der Waals surface area (Å²) in [7, 11) is 0. The van der Waals surface area contributed by atoms with Crippen LogP contribution in [0.1, 0.15) is 79.1 Å². The number of hydrogen-bond donors (Lipinski definition) is 0. The van der Waals surface area contributed by atoms with Gasteiger partial charge in [0.15, 0.2) is 0 Å². The lowest BCUT2D eigenvalue weighted by atomic mass is 9.59. The molecular weight excluding hydrogens is 207 g/mol. The van der Waals surface area contributed by atoms with Gasteiger partial charge in [0.25, 0.3) is 6.92 Å². The van der Waals surface area contributed by atoms with E-state index in [4.69, 9.17) is 4.65 Å². The molecule has 0 unspecified atom stereocenters. The highest BCUT2D eigenvalue weighted by Crippen LogP contribution is 2.15. The Morgan fingerprint density at radius 1 is 0.765 bits per heavy atom. The fraction of sp³-hybridized carbons (Fsp3) is 1.00. The average Bonchev–Trinajstić information content (AvgIpc) is 2.29. The van der Waals surface area contributed by atoms with E-state index >= 15 is 0 Å². The van der Waals surface area contributed by atoms with Crippen LogP contribution in [0.3, 0.4) is 0 Å². The van der Waals surface area contributed by atoms with E-state index in [9.17, 15) is 0 Å². The predicted octanol–water partition coefficient (Wildman–Crippen LogP) is 5.56. The smallest absolute Gasteiger partial charge is 0.293 e. The molecule has 0 bridgehead atoms. The van der Waals surface area contributed by atoms with Gasteiger partial charge in [-0.3, -0.25) is 0 Å². The Hall–Kier alpha value is 0.0249. The molecule has 0 aromatic rings. The van der Waals surface area contributed by atoms with E-state index in [2.05, 4.69) is 27.7 Å². The quantitative estimate of drug-likeness (QED) is 0.320. The highest BCUT2D eigenvalue weighted by atomic mass is 16.4. The average molecular weight is 240 g/mol. The molecule has 102 valence electrons. The van der Waals surface area contributed by atoms with E-state index in [1.54, 1.807) is 0 Å². The lowest BCUT2D eigenvalue weighted by Crippen LogP contribution is -2.22. The molecule has 0 rings (SSSR count). The first-order chi connectivity index (χ1) is 8.20. The molecule has 0 heterocycles. The minimum Gasteiger partial charge on any atom is -0.434 e. The molecule has 17 heavy (non-hydrogen) atoms. The highest BCUT2D eigenvalue weighted by Gasteiger charge is 2.16. The van der Waals surface area contributed by atoms with Gasteiger partial charge in [-0.15, -0.1) is 0 Å². The van der Waals surface area contributed by atoms with E-state index in [1.165, 1.54) is 64.0 Å². The minimum atomic E-state index is 0.386.